The number of aromatic nitrogens is 1. The molecule has 0 spiro atoms. The van der Waals surface area contributed by atoms with Crippen LogP contribution in [0.5, 0.6) is 0 Å². The van der Waals surface area contributed by atoms with E-state index >= 15 is 0 Å². The van der Waals surface area contributed by atoms with E-state index in [2.05, 4.69) is 51.4 Å². The van der Waals surface area contributed by atoms with Crippen LogP contribution in [-0.4, -0.2) is 30.1 Å². The summed E-state index contributed by atoms with van der Waals surface area (Å²) in [5, 5.41) is 3.00. The molecule has 5 nitrogen and oxygen atoms in total. The number of halogens is 1. The van der Waals surface area contributed by atoms with Crippen LogP contribution < -0.4 is 16.0 Å². The fraction of sp³-hybridized carbons (Fsp3) is 0.294. The Kier molecular flexibility index (Phi) is 6.20. The summed E-state index contributed by atoms with van der Waals surface area (Å²) < 4.78 is 0. The van der Waals surface area contributed by atoms with Crippen molar-refractivity contribution in [2.45, 2.75) is 19.4 Å². The second-order valence-electron chi connectivity index (χ2n) is 5.48. The van der Waals surface area contributed by atoms with Crippen molar-refractivity contribution >= 4 is 41.4 Å². The summed E-state index contributed by atoms with van der Waals surface area (Å²) in [6.45, 7) is 3.77. The number of hydrogen-bond acceptors (Lipinski definition) is 3. The second-order valence-corrected chi connectivity index (χ2v) is 5.48. The molecule has 2 heterocycles. The van der Waals surface area contributed by atoms with Crippen molar-refractivity contribution in [2.24, 2.45) is 10.7 Å². The minimum atomic E-state index is 0. The number of rotatable bonds is 4. The Morgan fingerprint density at radius 1 is 1.30 bits per heavy atom. The van der Waals surface area contributed by atoms with Gasteiger partial charge in [-0.2, -0.15) is 0 Å². The van der Waals surface area contributed by atoms with Crippen molar-refractivity contribution in [1.82, 2.24) is 4.98 Å². The van der Waals surface area contributed by atoms with Crippen LogP contribution in [-0.2, 0) is 6.42 Å². The Morgan fingerprint density at radius 3 is 2.87 bits per heavy atom. The first-order chi connectivity index (χ1) is 10.7. The lowest BCUT2D eigenvalue weighted by molar-refractivity contribution is 0.674. The number of anilines is 2. The van der Waals surface area contributed by atoms with Crippen LogP contribution in [0.2, 0.25) is 0 Å². The number of nitrogens with one attached hydrogen (secondary N) is 1. The molecule has 1 aliphatic heterocycles. The maximum atomic E-state index is 5.90. The number of nitrogens with two attached hydrogens (primary N) is 1. The number of aliphatic imine (C=N–C) groups is 1. The van der Waals surface area contributed by atoms with Crippen molar-refractivity contribution in [3.05, 3.63) is 54.2 Å². The fourth-order valence-electron chi connectivity index (χ4n) is 2.86. The van der Waals surface area contributed by atoms with Gasteiger partial charge in [0.2, 0.25) is 0 Å². The first-order valence-corrected chi connectivity index (χ1v) is 7.56. The van der Waals surface area contributed by atoms with E-state index in [0.29, 0.717) is 24.4 Å². The summed E-state index contributed by atoms with van der Waals surface area (Å²) in [6.07, 6.45) is 2.82. The quantitative estimate of drug-likeness (QED) is 0.451. The zero-order valence-electron chi connectivity index (χ0n) is 13.1. The van der Waals surface area contributed by atoms with Crippen LogP contribution >= 0.6 is 24.0 Å². The van der Waals surface area contributed by atoms with E-state index < -0.39 is 0 Å². The summed E-state index contributed by atoms with van der Waals surface area (Å²) in [7, 11) is 0. The molecule has 0 bridgehead atoms. The van der Waals surface area contributed by atoms with E-state index in [-0.39, 0.29) is 24.0 Å². The Labute approximate surface area is 154 Å². The molecule has 23 heavy (non-hydrogen) atoms. The van der Waals surface area contributed by atoms with Crippen molar-refractivity contribution in [2.75, 3.05) is 23.3 Å². The van der Waals surface area contributed by atoms with Gasteiger partial charge < -0.3 is 16.0 Å². The average Bonchev–Trinajstić information content (AvgIpc) is 2.84. The summed E-state index contributed by atoms with van der Waals surface area (Å²) in [5.74, 6) is 1.11. The predicted molar refractivity (Wildman–Crippen MR) is 107 cm³/mol. The van der Waals surface area contributed by atoms with Crippen LogP contribution in [0.4, 0.5) is 11.5 Å². The molecule has 0 saturated carbocycles. The van der Waals surface area contributed by atoms with Crippen LogP contribution in [0.1, 0.15) is 12.5 Å². The van der Waals surface area contributed by atoms with Gasteiger partial charge >= 0.3 is 0 Å². The van der Waals surface area contributed by atoms with Gasteiger partial charge in [-0.3, -0.25) is 4.99 Å². The maximum absolute atomic E-state index is 5.90. The highest BCUT2D eigenvalue weighted by Gasteiger charge is 2.24. The minimum Gasteiger partial charge on any atom is -0.370 e. The summed E-state index contributed by atoms with van der Waals surface area (Å²) >= 11 is 0. The molecule has 1 aliphatic rings. The molecule has 3 rings (SSSR count). The molecule has 0 radical (unpaired) electrons. The highest BCUT2D eigenvalue weighted by Crippen LogP contribution is 2.31. The van der Waals surface area contributed by atoms with E-state index in [4.69, 9.17) is 5.73 Å². The van der Waals surface area contributed by atoms with Gasteiger partial charge in [0.25, 0.3) is 0 Å². The van der Waals surface area contributed by atoms with Crippen molar-refractivity contribution in [1.29, 1.82) is 0 Å². The Hall–Kier alpha value is -1.83. The van der Waals surface area contributed by atoms with E-state index in [1.165, 1.54) is 11.3 Å². The van der Waals surface area contributed by atoms with Gasteiger partial charge in [-0.05, 0) is 37.1 Å². The molecule has 0 fully saturated rings. The van der Waals surface area contributed by atoms with Crippen molar-refractivity contribution in [3.8, 4) is 0 Å². The zero-order chi connectivity index (χ0) is 15.4. The molecule has 0 aliphatic carbocycles. The minimum absolute atomic E-state index is 0. The van der Waals surface area contributed by atoms with Crippen LogP contribution in [0.3, 0.4) is 0 Å². The lowest BCUT2D eigenvalue weighted by Gasteiger charge is -2.24. The average molecular weight is 423 g/mol. The molecular weight excluding hydrogens is 401 g/mol. The molecule has 122 valence electrons. The molecular formula is C17H22IN5. The predicted octanol–water partition coefficient (Wildman–Crippen LogP) is 2.88. The molecule has 0 saturated heterocycles. The monoisotopic (exact) mass is 423 g/mol. The van der Waals surface area contributed by atoms with Gasteiger partial charge in [0, 0.05) is 24.5 Å². The molecule has 1 atom stereocenters. The number of para-hydroxylation sites is 1. The molecule has 1 unspecified atom stereocenters. The van der Waals surface area contributed by atoms with Gasteiger partial charge in [-0.25, -0.2) is 4.98 Å². The molecule has 1 aromatic heterocycles. The fourth-order valence-corrected chi connectivity index (χ4v) is 2.86. The normalized spacial score (nSPS) is 16.7. The molecule has 1 aromatic carbocycles. The first-order valence-electron chi connectivity index (χ1n) is 7.56. The van der Waals surface area contributed by atoms with E-state index in [9.17, 15) is 0 Å². The second kappa shape index (κ2) is 8.14. The number of benzene rings is 1. The third kappa shape index (κ3) is 4.34. The number of pyridine rings is 1. The topological polar surface area (TPSA) is 66.5 Å². The summed E-state index contributed by atoms with van der Waals surface area (Å²) in [4.78, 5) is 11.0. The number of guanidine groups is 1. The lowest BCUT2D eigenvalue weighted by Crippen LogP contribution is -2.32. The molecule has 0 amide bonds. The Bertz CT molecular complexity index is 659. The van der Waals surface area contributed by atoms with Gasteiger partial charge in [0.15, 0.2) is 5.96 Å². The highest BCUT2D eigenvalue weighted by atomic mass is 127. The molecule has 3 N–H and O–H groups in total. The Morgan fingerprint density at radius 2 is 2.09 bits per heavy atom. The van der Waals surface area contributed by atoms with Gasteiger partial charge in [-0.1, -0.05) is 24.3 Å². The first kappa shape index (κ1) is 17.5. The maximum Gasteiger partial charge on any atom is 0.194 e. The van der Waals surface area contributed by atoms with E-state index in [1.54, 1.807) is 6.20 Å². The zero-order valence-corrected chi connectivity index (χ0v) is 15.5. The van der Waals surface area contributed by atoms with E-state index in [0.717, 1.165) is 13.0 Å². The standard InChI is InChI=1S/C17H21N5.HI/c1-13-12-14-6-2-3-7-15(14)22(13)11-10-20-17(18)21-16-8-4-5-9-19-16;/h2-9,13H,10-12H2,1H3,(H3,18,19,20,21);1H. The summed E-state index contributed by atoms with van der Waals surface area (Å²) in [6, 6.07) is 14.7. The number of nitrogens with zero attached hydrogens (tertiary/aromatic N) is 3. The lowest BCUT2D eigenvalue weighted by atomic mass is 10.1. The third-order valence-corrected chi connectivity index (χ3v) is 3.89. The van der Waals surface area contributed by atoms with E-state index in [1.807, 2.05) is 18.2 Å². The number of fused-ring (bicyclic) bond motifs is 1. The molecule has 6 heteroatoms. The Balaban J connectivity index is 0.00000192. The summed E-state index contributed by atoms with van der Waals surface area (Å²) in [5.41, 5.74) is 8.64. The largest absolute Gasteiger partial charge is 0.370 e. The van der Waals surface area contributed by atoms with Crippen LogP contribution in [0, 0.1) is 0 Å². The van der Waals surface area contributed by atoms with Gasteiger partial charge in [0.1, 0.15) is 5.82 Å². The molecule has 2 aromatic rings. The van der Waals surface area contributed by atoms with Crippen LogP contribution in [0.15, 0.2) is 53.7 Å². The third-order valence-electron chi connectivity index (χ3n) is 3.89. The van der Waals surface area contributed by atoms with Crippen molar-refractivity contribution in [3.63, 3.8) is 0 Å². The smallest absolute Gasteiger partial charge is 0.194 e. The van der Waals surface area contributed by atoms with Gasteiger partial charge in [0.05, 0.1) is 6.54 Å². The van der Waals surface area contributed by atoms with Crippen LogP contribution in [0.25, 0.3) is 0 Å². The number of hydrogen-bond donors (Lipinski definition) is 2. The SMILES string of the molecule is CC1Cc2ccccc2N1CCN=C(N)Nc1ccccn1.I. The highest BCUT2D eigenvalue weighted by molar-refractivity contribution is 14.0. The van der Waals surface area contributed by atoms with Gasteiger partial charge in [-0.15, -0.1) is 24.0 Å². The van der Waals surface area contributed by atoms with Crippen molar-refractivity contribution < 1.29 is 0 Å².